The topological polar surface area (TPSA) is 43.2 Å². The van der Waals surface area contributed by atoms with Gasteiger partial charge < -0.3 is 9.47 Å². The molecule has 4 nitrogen and oxygen atoms in total. The Kier molecular flexibility index (Phi) is 2.20. The Hall–Kier alpha value is -1.12. The molecule has 0 fully saturated rings. The molecule has 0 amide bonds. The molecule has 0 aliphatic carbocycles. The molecule has 0 aromatic carbocycles. The molecule has 0 saturated carbocycles. The lowest BCUT2D eigenvalue weighted by molar-refractivity contribution is 0.0841. The summed E-state index contributed by atoms with van der Waals surface area (Å²) < 4.78 is 9.82. The van der Waals surface area contributed by atoms with Crippen LogP contribution in [0.2, 0.25) is 0 Å². The lowest BCUT2D eigenvalue weighted by Crippen LogP contribution is -2.13. The minimum atomic E-state index is -0.373. The normalized spacial score (nSPS) is 22.6. The molecule has 0 radical (unpaired) electrons. The van der Waals surface area contributed by atoms with Crippen LogP contribution < -0.4 is 0 Å². The summed E-state index contributed by atoms with van der Waals surface area (Å²) in [6.45, 7) is 0. The van der Waals surface area contributed by atoms with Gasteiger partial charge in [0.25, 0.3) is 0 Å². The molecule has 10 heavy (non-hydrogen) atoms. The van der Waals surface area contributed by atoms with Crippen molar-refractivity contribution in [1.29, 1.82) is 0 Å². The maximum absolute atomic E-state index is 4.91. The van der Waals surface area contributed by atoms with Gasteiger partial charge in [0, 0.05) is 7.11 Å². The molecule has 1 rings (SSSR count). The van der Waals surface area contributed by atoms with Gasteiger partial charge in [0.2, 0.25) is 6.23 Å². The highest BCUT2D eigenvalue weighted by Crippen LogP contribution is 2.09. The molecular formula is C6H8N2O2. The van der Waals surface area contributed by atoms with E-state index >= 15 is 0 Å². The molecule has 0 spiro atoms. The molecule has 0 bridgehead atoms. The van der Waals surface area contributed by atoms with Gasteiger partial charge in [-0.05, 0) is 0 Å². The van der Waals surface area contributed by atoms with Crippen LogP contribution >= 0.6 is 0 Å². The molecule has 54 valence electrons. The molecule has 4 heteroatoms. The van der Waals surface area contributed by atoms with Crippen molar-refractivity contribution < 1.29 is 9.47 Å². The van der Waals surface area contributed by atoms with E-state index in [2.05, 4.69) is 16.0 Å². The van der Waals surface area contributed by atoms with Gasteiger partial charge in [0.15, 0.2) is 5.76 Å². The number of ether oxygens (including phenoxy) is 2. The standard InChI is InChI=1S/C6H8N2O2/c1-9-5-3-7-4-8-6(5)10-2/h3,6H,1-2H3. The average molecular weight is 140 g/mol. The number of aliphatic imine (C=N–C) groups is 2. The summed E-state index contributed by atoms with van der Waals surface area (Å²) in [4.78, 5) is 7.41. The first kappa shape index (κ1) is 6.99. The van der Waals surface area contributed by atoms with Gasteiger partial charge in [0.1, 0.15) is 0 Å². The second-order valence-corrected chi connectivity index (χ2v) is 1.68. The van der Waals surface area contributed by atoms with Crippen molar-refractivity contribution in [3.63, 3.8) is 0 Å². The fourth-order valence-corrected chi connectivity index (χ4v) is 0.628. The van der Waals surface area contributed by atoms with E-state index in [0.717, 1.165) is 0 Å². The summed E-state index contributed by atoms with van der Waals surface area (Å²) in [6, 6.07) is 2.42. The smallest absolute Gasteiger partial charge is 0.217 e. The van der Waals surface area contributed by atoms with Gasteiger partial charge in [-0.1, -0.05) is 0 Å². The van der Waals surface area contributed by atoms with Gasteiger partial charge in [-0.25, -0.2) is 0 Å². The van der Waals surface area contributed by atoms with E-state index in [1.54, 1.807) is 14.2 Å². The minimum Gasteiger partial charge on any atom is -0.495 e. The highest BCUT2D eigenvalue weighted by molar-refractivity contribution is 5.45. The highest BCUT2D eigenvalue weighted by atomic mass is 16.5. The number of nitrogens with zero attached hydrogens (tertiary/aromatic N) is 2. The fraction of sp³-hybridized carbons (Fsp3) is 0.500. The third-order valence-electron chi connectivity index (χ3n) is 1.13. The minimum absolute atomic E-state index is 0.373. The first-order valence-electron chi connectivity index (χ1n) is 2.80. The van der Waals surface area contributed by atoms with Crippen LogP contribution in [0, 0.1) is 0 Å². The van der Waals surface area contributed by atoms with E-state index in [1.165, 1.54) is 6.20 Å². The Morgan fingerprint density at radius 1 is 1.60 bits per heavy atom. The largest absolute Gasteiger partial charge is 0.495 e. The van der Waals surface area contributed by atoms with E-state index in [4.69, 9.17) is 9.47 Å². The van der Waals surface area contributed by atoms with Crippen molar-refractivity contribution in [2.75, 3.05) is 14.2 Å². The second-order valence-electron chi connectivity index (χ2n) is 1.68. The third-order valence-corrected chi connectivity index (χ3v) is 1.13. The molecule has 0 aromatic rings. The van der Waals surface area contributed by atoms with Gasteiger partial charge >= 0.3 is 0 Å². The molecule has 1 unspecified atom stereocenters. The van der Waals surface area contributed by atoms with Crippen LogP contribution in [0.15, 0.2) is 21.9 Å². The Morgan fingerprint density at radius 2 is 2.40 bits per heavy atom. The lowest BCUT2D eigenvalue weighted by atomic mass is 10.4. The first-order valence-corrected chi connectivity index (χ1v) is 2.80. The molecule has 0 N–H and O–H groups in total. The number of hydrogen-bond acceptors (Lipinski definition) is 4. The predicted octanol–water partition coefficient (Wildman–Crippen LogP) is 0.634. The Balaban J connectivity index is 2.73. The van der Waals surface area contributed by atoms with E-state index < -0.39 is 0 Å². The maximum atomic E-state index is 4.91. The van der Waals surface area contributed by atoms with E-state index in [0.29, 0.717) is 5.76 Å². The van der Waals surface area contributed by atoms with E-state index in [1.807, 2.05) is 0 Å². The Labute approximate surface area is 58.9 Å². The first-order chi connectivity index (χ1) is 4.88. The molecule has 0 saturated heterocycles. The number of methoxy groups -OCH3 is 2. The molecule has 1 heterocycles. The van der Waals surface area contributed by atoms with Crippen LogP contribution in [0.1, 0.15) is 0 Å². The van der Waals surface area contributed by atoms with Crippen molar-refractivity contribution in [3.8, 4) is 0 Å². The maximum Gasteiger partial charge on any atom is 0.217 e. The van der Waals surface area contributed by atoms with Crippen molar-refractivity contribution in [3.05, 3.63) is 12.0 Å². The van der Waals surface area contributed by atoms with Gasteiger partial charge in [-0.3, -0.25) is 0 Å². The predicted molar refractivity (Wildman–Crippen MR) is 35.8 cm³/mol. The Morgan fingerprint density at radius 3 is 2.90 bits per heavy atom. The van der Waals surface area contributed by atoms with Crippen LogP contribution in [-0.4, -0.2) is 26.5 Å². The number of hydrogen-bond donors (Lipinski definition) is 0. The monoisotopic (exact) mass is 140 g/mol. The SMILES string of the molecule is COC1=CN=C=NC1OC. The molecule has 1 atom stereocenters. The zero-order valence-electron chi connectivity index (χ0n) is 5.87. The summed E-state index contributed by atoms with van der Waals surface area (Å²) in [5.74, 6) is 0.598. The highest BCUT2D eigenvalue weighted by Gasteiger charge is 2.13. The number of rotatable bonds is 2. The van der Waals surface area contributed by atoms with E-state index in [9.17, 15) is 0 Å². The summed E-state index contributed by atoms with van der Waals surface area (Å²) >= 11 is 0. The zero-order chi connectivity index (χ0) is 7.40. The summed E-state index contributed by atoms with van der Waals surface area (Å²) in [6.07, 6.45) is 1.16. The lowest BCUT2D eigenvalue weighted by Gasteiger charge is -2.12. The fourth-order valence-electron chi connectivity index (χ4n) is 0.628. The molecule has 0 aromatic heterocycles. The molecular weight excluding hydrogens is 132 g/mol. The summed E-state index contributed by atoms with van der Waals surface area (Å²) in [7, 11) is 3.10. The second kappa shape index (κ2) is 3.15. The van der Waals surface area contributed by atoms with Crippen LogP contribution in [0.4, 0.5) is 0 Å². The van der Waals surface area contributed by atoms with Gasteiger partial charge in [-0.2, -0.15) is 9.98 Å². The summed E-state index contributed by atoms with van der Waals surface area (Å²) in [5, 5.41) is 0. The van der Waals surface area contributed by atoms with Gasteiger partial charge in [0.05, 0.1) is 19.3 Å². The summed E-state index contributed by atoms with van der Waals surface area (Å²) in [5.41, 5.74) is 0. The zero-order valence-corrected chi connectivity index (χ0v) is 5.87. The molecule has 1 aliphatic rings. The van der Waals surface area contributed by atoms with Crippen molar-refractivity contribution in [2.24, 2.45) is 9.98 Å². The van der Waals surface area contributed by atoms with E-state index in [-0.39, 0.29) is 6.23 Å². The van der Waals surface area contributed by atoms with Gasteiger partial charge in [-0.15, -0.1) is 0 Å². The van der Waals surface area contributed by atoms with Crippen LogP contribution in [0.25, 0.3) is 0 Å². The van der Waals surface area contributed by atoms with Crippen LogP contribution in [-0.2, 0) is 9.47 Å². The Bertz CT molecular complexity index is 204. The van der Waals surface area contributed by atoms with Crippen molar-refractivity contribution in [2.45, 2.75) is 6.23 Å². The molecule has 1 aliphatic heterocycles. The van der Waals surface area contributed by atoms with Crippen LogP contribution in [0.3, 0.4) is 0 Å². The third kappa shape index (κ3) is 1.23. The van der Waals surface area contributed by atoms with Crippen LogP contribution in [0.5, 0.6) is 0 Å². The quantitative estimate of drug-likeness (QED) is 0.564. The average Bonchev–Trinajstić information content (AvgIpc) is 2.04. The van der Waals surface area contributed by atoms with Crippen molar-refractivity contribution in [1.82, 2.24) is 0 Å². The van der Waals surface area contributed by atoms with Crippen molar-refractivity contribution >= 4 is 6.01 Å².